The second kappa shape index (κ2) is 11.6. The van der Waals surface area contributed by atoms with Crippen molar-refractivity contribution in [3.05, 3.63) is 58.6 Å². The van der Waals surface area contributed by atoms with Crippen molar-refractivity contribution in [3.63, 3.8) is 0 Å². The van der Waals surface area contributed by atoms with E-state index in [0.29, 0.717) is 42.1 Å². The van der Waals surface area contributed by atoms with Crippen LogP contribution in [0.2, 0.25) is 5.02 Å². The molecule has 0 radical (unpaired) electrons. The van der Waals surface area contributed by atoms with Crippen LogP contribution >= 0.6 is 23.5 Å². The Morgan fingerprint density at radius 1 is 1.15 bits per heavy atom. The normalized spacial score (nSPS) is 15.5. The van der Waals surface area contributed by atoms with E-state index in [0.717, 1.165) is 10.5 Å². The molecule has 2 aromatic rings. The van der Waals surface area contributed by atoms with Crippen LogP contribution in [0.1, 0.15) is 41.6 Å². The van der Waals surface area contributed by atoms with Gasteiger partial charge in [-0.05, 0) is 67.1 Å². The van der Waals surface area contributed by atoms with Crippen molar-refractivity contribution in [3.8, 4) is 5.75 Å². The number of hydrogen-bond donors (Lipinski definition) is 5. The van der Waals surface area contributed by atoms with E-state index >= 15 is 0 Å². The molecular weight excluding hydrogens is 466 g/mol. The van der Waals surface area contributed by atoms with Crippen LogP contribution in [0.25, 0.3) is 0 Å². The molecule has 0 aliphatic heterocycles. The number of nitrogens with one attached hydrogen (secondary N) is 3. The van der Waals surface area contributed by atoms with Crippen LogP contribution in [-0.4, -0.2) is 47.6 Å². The molecule has 5 N–H and O–H groups in total. The molecule has 178 valence electrons. The molecule has 8 nitrogen and oxygen atoms in total. The second-order valence-corrected chi connectivity index (χ2v) is 9.24. The molecule has 0 unspecified atom stereocenters. The minimum atomic E-state index is -1.61. The van der Waals surface area contributed by atoms with E-state index in [1.54, 1.807) is 18.2 Å². The van der Waals surface area contributed by atoms with E-state index in [4.69, 9.17) is 16.3 Å². The Kier molecular flexibility index (Phi) is 8.85. The number of hydrogen-bond acceptors (Lipinski definition) is 6. The monoisotopic (exact) mass is 493 g/mol. The van der Waals surface area contributed by atoms with Crippen LogP contribution in [-0.2, 0) is 6.42 Å². The first-order valence-electron chi connectivity index (χ1n) is 10.6. The van der Waals surface area contributed by atoms with Gasteiger partial charge in [-0.25, -0.2) is 4.79 Å². The lowest BCUT2D eigenvalue weighted by atomic mass is 9.90. The Bertz CT molecular complexity index is 961. The van der Waals surface area contributed by atoms with Crippen LogP contribution in [0.3, 0.4) is 0 Å². The summed E-state index contributed by atoms with van der Waals surface area (Å²) in [7, 11) is 1.50. The van der Waals surface area contributed by atoms with Gasteiger partial charge in [-0.2, -0.15) is 0 Å². The molecule has 1 aliphatic carbocycles. The van der Waals surface area contributed by atoms with Crippen molar-refractivity contribution in [2.24, 2.45) is 0 Å². The largest absolute Gasteiger partial charge is 0.496 e. The van der Waals surface area contributed by atoms with Gasteiger partial charge in [0.25, 0.3) is 5.91 Å². The Morgan fingerprint density at radius 2 is 1.85 bits per heavy atom. The molecule has 1 saturated carbocycles. The van der Waals surface area contributed by atoms with Crippen molar-refractivity contribution in [1.82, 2.24) is 15.4 Å². The van der Waals surface area contributed by atoms with Gasteiger partial charge in [0.1, 0.15) is 5.75 Å². The van der Waals surface area contributed by atoms with Gasteiger partial charge in [0, 0.05) is 35.3 Å². The summed E-state index contributed by atoms with van der Waals surface area (Å²) < 4.78 is 7.95. The maximum atomic E-state index is 12.4. The zero-order valence-electron chi connectivity index (χ0n) is 18.3. The topological polar surface area (TPSA) is 120 Å². The smallest absolute Gasteiger partial charge is 0.325 e. The van der Waals surface area contributed by atoms with Gasteiger partial charge in [0.2, 0.25) is 0 Å². The molecule has 2 aromatic carbocycles. The first-order valence-corrected chi connectivity index (χ1v) is 11.8. The highest BCUT2D eigenvalue weighted by Crippen LogP contribution is 2.26. The number of ether oxygens (including phenoxy) is 1. The first kappa shape index (κ1) is 25.2. The summed E-state index contributed by atoms with van der Waals surface area (Å²) in [5.74, 6) is -1.40. The van der Waals surface area contributed by atoms with E-state index < -0.39 is 5.79 Å². The third kappa shape index (κ3) is 7.82. The lowest BCUT2D eigenvalue weighted by Gasteiger charge is -2.31. The Morgan fingerprint density at radius 3 is 2.52 bits per heavy atom. The zero-order chi connectivity index (χ0) is 23.8. The number of rotatable bonds is 8. The minimum Gasteiger partial charge on any atom is -0.496 e. The number of benzene rings is 2. The molecule has 10 heteroatoms. The fraction of sp³-hybridized carbons (Fsp3) is 0.391. The molecule has 0 aromatic heterocycles. The summed E-state index contributed by atoms with van der Waals surface area (Å²) in [6.45, 7) is 0.450. The van der Waals surface area contributed by atoms with Crippen molar-refractivity contribution in [2.75, 3.05) is 13.7 Å². The average molecular weight is 494 g/mol. The number of halogens is 1. The van der Waals surface area contributed by atoms with E-state index in [1.807, 2.05) is 24.3 Å². The number of urea groups is 1. The van der Waals surface area contributed by atoms with Gasteiger partial charge >= 0.3 is 6.03 Å². The number of methoxy groups -OCH3 is 1. The molecule has 3 amide bonds. The van der Waals surface area contributed by atoms with Gasteiger partial charge in [-0.3, -0.25) is 9.52 Å². The molecule has 1 fully saturated rings. The van der Waals surface area contributed by atoms with Gasteiger partial charge in [0.05, 0.1) is 12.7 Å². The molecule has 3 rings (SSSR count). The quantitative estimate of drug-likeness (QED) is 0.284. The third-order valence-electron chi connectivity index (χ3n) is 5.41. The lowest BCUT2D eigenvalue weighted by molar-refractivity contribution is -0.182. The van der Waals surface area contributed by atoms with E-state index in [1.165, 1.54) is 19.1 Å². The van der Waals surface area contributed by atoms with Crippen molar-refractivity contribution in [2.45, 2.75) is 48.8 Å². The highest BCUT2D eigenvalue weighted by molar-refractivity contribution is 7.98. The molecular formula is C23H28ClN3O5S. The Labute approximate surface area is 202 Å². The SMILES string of the molecule is COc1ccc(Cl)cc1C(=O)NCCc1ccc(SNC(=O)NC2CCC(O)(O)CC2)cc1. The number of amides is 3. The standard InChI is InChI=1S/C23H28ClN3O5S/c1-32-20-7-4-16(24)14-19(20)21(28)25-13-10-15-2-5-18(6-3-15)33-27-22(29)26-17-8-11-23(30,31)12-9-17/h2-7,14,17,30-31H,8-13H2,1H3,(H,25,28)(H2,26,27,29). The zero-order valence-corrected chi connectivity index (χ0v) is 19.8. The molecule has 0 spiro atoms. The van der Waals surface area contributed by atoms with Crippen molar-refractivity contribution in [1.29, 1.82) is 0 Å². The molecule has 33 heavy (non-hydrogen) atoms. The first-order chi connectivity index (χ1) is 15.8. The van der Waals surface area contributed by atoms with Crippen LogP contribution in [0.4, 0.5) is 4.79 Å². The van der Waals surface area contributed by atoms with Crippen LogP contribution < -0.4 is 20.1 Å². The fourth-order valence-electron chi connectivity index (χ4n) is 3.54. The summed E-state index contributed by atoms with van der Waals surface area (Å²) in [5, 5.41) is 25.3. The van der Waals surface area contributed by atoms with E-state index in [-0.39, 0.29) is 30.8 Å². The summed E-state index contributed by atoms with van der Waals surface area (Å²) in [5.41, 5.74) is 1.43. The summed E-state index contributed by atoms with van der Waals surface area (Å²) in [6.07, 6.45) is 2.20. The Hall–Kier alpha value is -2.46. The highest BCUT2D eigenvalue weighted by Gasteiger charge is 2.31. The van der Waals surface area contributed by atoms with Gasteiger partial charge in [0.15, 0.2) is 5.79 Å². The van der Waals surface area contributed by atoms with Gasteiger partial charge in [-0.1, -0.05) is 23.7 Å². The number of carbonyl (C=O) groups excluding carboxylic acids is 2. The molecule has 0 heterocycles. The summed E-state index contributed by atoms with van der Waals surface area (Å²) in [6, 6.07) is 12.2. The van der Waals surface area contributed by atoms with Crippen LogP contribution in [0.15, 0.2) is 47.4 Å². The summed E-state index contributed by atoms with van der Waals surface area (Å²) >= 11 is 7.18. The number of carbonyl (C=O) groups is 2. The Balaban J connectivity index is 1.39. The van der Waals surface area contributed by atoms with Crippen molar-refractivity contribution >= 4 is 35.5 Å². The van der Waals surface area contributed by atoms with Crippen LogP contribution in [0.5, 0.6) is 5.75 Å². The lowest BCUT2D eigenvalue weighted by Crippen LogP contribution is -2.45. The third-order valence-corrected chi connectivity index (χ3v) is 6.44. The second-order valence-electron chi connectivity index (χ2n) is 7.93. The fourth-order valence-corrected chi connectivity index (χ4v) is 4.26. The predicted octanol–water partition coefficient (Wildman–Crippen LogP) is 3.25. The van der Waals surface area contributed by atoms with Crippen molar-refractivity contribution < 1.29 is 24.5 Å². The minimum absolute atomic E-state index is 0.0671. The summed E-state index contributed by atoms with van der Waals surface area (Å²) in [4.78, 5) is 25.4. The van der Waals surface area contributed by atoms with Gasteiger partial charge in [-0.15, -0.1) is 0 Å². The molecule has 0 bridgehead atoms. The molecule has 0 atom stereocenters. The maximum absolute atomic E-state index is 12.4. The van der Waals surface area contributed by atoms with E-state index in [9.17, 15) is 19.8 Å². The molecule has 1 aliphatic rings. The predicted molar refractivity (Wildman–Crippen MR) is 127 cm³/mol. The highest BCUT2D eigenvalue weighted by atomic mass is 35.5. The van der Waals surface area contributed by atoms with E-state index in [2.05, 4.69) is 15.4 Å². The average Bonchev–Trinajstić information content (AvgIpc) is 2.80. The maximum Gasteiger partial charge on any atom is 0.325 e. The van der Waals surface area contributed by atoms with Crippen LogP contribution in [0, 0.1) is 0 Å². The van der Waals surface area contributed by atoms with Gasteiger partial charge < -0.3 is 25.6 Å². The molecule has 0 saturated heterocycles. The number of aliphatic hydroxyl groups is 2.